The van der Waals surface area contributed by atoms with E-state index in [0.717, 1.165) is 24.7 Å². The molecular weight excluding hydrogens is 262 g/mol. The standard InChI is InChI=1S/C17H33N3O/c1-13-9-19(11-15-3-5-18-6-4-15)10-14(2)20(13)12-16-7-17(21)8-16/h13-18,21H,3-12H2,1-2H3. The van der Waals surface area contributed by atoms with E-state index in [1.807, 2.05) is 0 Å². The average molecular weight is 295 g/mol. The van der Waals surface area contributed by atoms with Crippen molar-refractivity contribution in [3.63, 3.8) is 0 Å². The molecule has 0 bridgehead atoms. The first kappa shape index (κ1) is 15.7. The molecule has 0 spiro atoms. The van der Waals surface area contributed by atoms with Gasteiger partial charge in [0.05, 0.1) is 6.10 Å². The van der Waals surface area contributed by atoms with Crippen LogP contribution in [0.1, 0.15) is 39.5 Å². The number of aliphatic hydroxyl groups excluding tert-OH is 1. The van der Waals surface area contributed by atoms with E-state index < -0.39 is 0 Å². The van der Waals surface area contributed by atoms with Gasteiger partial charge in [-0.05, 0) is 64.5 Å². The Kier molecular flexibility index (Phi) is 5.20. The number of piperidine rings is 1. The van der Waals surface area contributed by atoms with Crippen LogP contribution in [0.15, 0.2) is 0 Å². The Morgan fingerprint density at radius 3 is 2.14 bits per heavy atom. The molecule has 2 atom stereocenters. The summed E-state index contributed by atoms with van der Waals surface area (Å²) in [6, 6.07) is 1.32. The predicted molar refractivity (Wildman–Crippen MR) is 86.4 cm³/mol. The largest absolute Gasteiger partial charge is 0.393 e. The van der Waals surface area contributed by atoms with Crippen LogP contribution >= 0.6 is 0 Å². The highest BCUT2D eigenvalue weighted by atomic mass is 16.3. The lowest BCUT2D eigenvalue weighted by Crippen LogP contribution is -2.59. The maximum atomic E-state index is 9.47. The van der Waals surface area contributed by atoms with Crippen LogP contribution in [0.2, 0.25) is 0 Å². The molecule has 2 aliphatic heterocycles. The summed E-state index contributed by atoms with van der Waals surface area (Å²) in [6.45, 7) is 12.1. The van der Waals surface area contributed by atoms with Crippen molar-refractivity contribution in [1.82, 2.24) is 15.1 Å². The highest BCUT2D eigenvalue weighted by molar-refractivity contribution is 4.90. The zero-order valence-electron chi connectivity index (χ0n) is 13.8. The summed E-state index contributed by atoms with van der Waals surface area (Å²) in [4.78, 5) is 5.40. The zero-order chi connectivity index (χ0) is 14.8. The van der Waals surface area contributed by atoms with Crippen LogP contribution in [0.3, 0.4) is 0 Å². The van der Waals surface area contributed by atoms with E-state index in [1.54, 1.807) is 0 Å². The van der Waals surface area contributed by atoms with Crippen molar-refractivity contribution in [2.75, 3.05) is 39.3 Å². The summed E-state index contributed by atoms with van der Waals surface area (Å²) < 4.78 is 0. The SMILES string of the molecule is CC1CN(CC2CCNCC2)CC(C)N1CC1CC(O)C1. The first-order valence-corrected chi connectivity index (χ1v) is 8.98. The maximum Gasteiger partial charge on any atom is 0.0546 e. The van der Waals surface area contributed by atoms with Gasteiger partial charge in [0, 0.05) is 38.3 Å². The molecule has 1 aliphatic carbocycles. The second-order valence-electron chi connectivity index (χ2n) is 7.80. The summed E-state index contributed by atoms with van der Waals surface area (Å²) in [5, 5.41) is 12.9. The molecule has 4 heteroatoms. The molecule has 2 saturated heterocycles. The highest BCUT2D eigenvalue weighted by Gasteiger charge is 2.35. The molecule has 0 amide bonds. The minimum absolute atomic E-state index is 0.0122. The van der Waals surface area contributed by atoms with E-state index >= 15 is 0 Å². The summed E-state index contributed by atoms with van der Waals surface area (Å²) in [5.41, 5.74) is 0. The van der Waals surface area contributed by atoms with Crippen molar-refractivity contribution in [3.05, 3.63) is 0 Å². The third-order valence-electron chi connectivity index (χ3n) is 5.83. The molecule has 1 saturated carbocycles. The van der Waals surface area contributed by atoms with E-state index in [9.17, 15) is 5.11 Å². The van der Waals surface area contributed by atoms with Gasteiger partial charge in [0.25, 0.3) is 0 Å². The third-order valence-corrected chi connectivity index (χ3v) is 5.83. The van der Waals surface area contributed by atoms with Crippen molar-refractivity contribution in [3.8, 4) is 0 Å². The normalized spacial score (nSPS) is 40.1. The van der Waals surface area contributed by atoms with E-state index in [1.165, 1.54) is 52.1 Å². The van der Waals surface area contributed by atoms with Crippen LogP contribution < -0.4 is 5.32 Å². The van der Waals surface area contributed by atoms with Crippen LogP contribution in [0, 0.1) is 11.8 Å². The van der Waals surface area contributed by atoms with Gasteiger partial charge in [0.15, 0.2) is 0 Å². The molecule has 3 rings (SSSR count). The van der Waals surface area contributed by atoms with Gasteiger partial charge >= 0.3 is 0 Å². The number of rotatable bonds is 4. The fourth-order valence-electron chi connectivity index (χ4n) is 4.55. The minimum Gasteiger partial charge on any atom is -0.393 e. The van der Waals surface area contributed by atoms with Gasteiger partial charge in [0.2, 0.25) is 0 Å². The number of piperazine rings is 1. The van der Waals surface area contributed by atoms with Crippen molar-refractivity contribution in [2.24, 2.45) is 11.8 Å². The Bertz CT molecular complexity index is 314. The third kappa shape index (κ3) is 3.98. The van der Waals surface area contributed by atoms with Crippen LogP contribution in [0.4, 0.5) is 0 Å². The molecule has 2 unspecified atom stereocenters. The van der Waals surface area contributed by atoms with Crippen LogP contribution in [0.5, 0.6) is 0 Å². The molecule has 21 heavy (non-hydrogen) atoms. The van der Waals surface area contributed by atoms with Gasteiger partial charge in [-0.3, -0.25) is 9.80 Å². The predicted octanol–water partition coefficient (Wildman–Crippen LogP) is 1.15. The lowest BCUT2D eigenvalue weighted by atomic mass is 9.81. The minimum atomic E-state index is -0.0122. The summed E-state index contributed by atoms with van der Waals surface area (Å²) in [6.07, 6.45) is 4.73. The molecule has 3 aliphatic rings. The quantitative estimate of drug-likeness (QED) is 0.816. The summed E-state index contributed by atoms with van der Waals surface area (Å²) >= 11 is 0. The number of hydrogen-bond acceptors (Lipinski definition) is 4. The second kappa shape index (κ2) is 6.95. The topological polar surface area (TPSA) is 38.7 Å². The lowest BCUT2D eigenvalue weighted by molar-refractivity contribution is -0.0221. The highest BCUT2D eigenvalue weighted by Crippen LogP contribution is 2.30. The van der Waals surface area contributed by atoms with Gasteiger partial charge in [-0.15, -0.1) is 0 Å². The molecule has 2 heterocycles. The summed E-state index contributed by atoms with van der Waals surface area (Å²) in [7, 11) is 0. The molecular formula is C17H33N3O. The monoisotopic (exact) mass is 295 g/mol. The van der Waals surface area contributed by atoms with Crippen molar-refractivity contribution >= 4 is 0 Å². The molecule has 4 nitrogen and oxygen atoms in total. The van der Waals surface area contributed by atoms with Crippen molar-refractivity contribution in [1.29, 1.82) is 0 Å². The van der Waals surface area contributed by atoms with Gasteiger partial charge in [-0.1, -0.05) is 0 Å². The van der Waals surface area contributed by atoms with Gasteiger partial charge in [-0.25, -0.2) is 0 Å². The van der Waals surface area contributed by atoms with Gasteiger partial charge < -0.3 is 10.4 Å². The molecule has 0 aromatic carbocycles. The molecule has 2 N–H and O–H groups in total. The van der Waals surface area contributed by atoms with E-state index in [4.69, 9.17) is 0 Å². The zero-order valence-corrected chi connectivity index (χ0v) is 13.8. The van der Waals surface area contributed by atoms with Gasteiger partial charge in [-0.2, -0.15) is 0 Å². The molecule has 0 aromatic heterocycles. The Morgan fingerprint density at radius 2 is 1.57 bits per heavy atom. The molecule has 3 fully saturated rings. The molecule has 122 valence electrons. The number of nitrogens with one attached hydrogen (secondary N) is 1. The summed E-state index contributed by atoms with van der Waals surface area (Å²) in [5.74, 6) is 1.64. The number of aliphatic hydroxyl groups is 1. The maximum absolute atomic E-state index is 9.47. The fourth-order valence-corrected chi connectivity index (χ4v) is 4.55. The Morgan fingerprint density at radius 1 is 0.952 bits per heavy atom. The first-order valence-electron chi connectivity index (χ1n) is 8.98. The number of nitrogens with zero attached hydrogens (tertiary/aromatic N) is 2. The lowest BCUT2D eigenvalue weighted by Gasteiger charge is -2.48. The van der Waals surface area contributed by atoms with Crippen molar-refractivity contribution < 1.29 is 5.11 Å². The van der Waals surface area contributed by atoms with E-state index in [2.05, 4.69) is 29.0 Å². The van der Waals surface area contributed by atoms with Crippen LogP contribution in [0.25, 0.3) is 0 Å². The van der Waals surface area contributed by atoms with Crippen molar-refractivity contribution in [2.45, 2.75) is 57.7 Å². The molecule has 0 aromatic rings. The Balaban J connectivity index is 1.46. The average Bonchev–Trinajstić information content (AvgIpc) is 2.41. The fraction of sp³-hybridized carbons (Fsp3) is 1.00. The first-order chi connectivity index (χ1) is 10.1. The van der Waals surface area contributed by atoms with E-state index in [-0.39, 0.29) is 6.10 Å². The van der Waals surface area contributed by atoms with Gasteiger partial charge in [0.1, 0.15) is 0 Å². The van der Waals surface area contributed by atoms with Crippen LogP contribution in [-0.2, 0) is 0 Å². The Hall–Kier alpha value is -0.160. The Labute approximate surface area is 129 Å². The van der Waals surface area contributed by atoms with Crippen LogP contribution in [-0.4, -0.2) is 72.4 Å². The second-order valence-corrected chi connectivity index (χ2v) is 7.80. The van der Waals surface area contributed by atoms with E-state index in [0.29, 0.717) is 12.1 Å². The number of hydrogen-bond donors (Lipinski definition) is 2. The smallest absolute Gasteiger partial charge is 0.0546 e. The molecule has 0 radical (unpaired) electrons.